The zero-order valence-electron chi connectivity index (χ0n) is 12.1. The predicted molar refractivity (Wildman–Crippen MR) is 81.0 cm³/mol. The molecule has 1 aliphatic heterocycles. The van der Waals surface area contributed by atoms with E-state index in [0.29, 0.717) is 12.6 Å². The van der Waals surface area contributed by atoms with E-state index in [1.165, 1.54) is 24.0 Å². The van der Waals surface area contributed by atoms with Crippen LogP contribution in [0.4, 0.5) is 5.69 Å². The first-order valence-corrected chi connectivity index (χ1v) is 7.62. The summed E-state index contributed by atoms with van der Waals surface area (Å²) in [6, 6.07) is 6.85. The summed E-state index contributed by atoms with van der Waals surface area (Å²) in [4.78, 5) is 14.4. The van der Waals surface area contributed by atoms with E-state index in [4.69, 9.17) is 0 Å². The Bertz CT molecular complexity index is 496. The number of rotatable bonds is 5. The van der Waals surface area contributed by atoms with Gasteiger partial charge in [0.1, 0.15) is 0 Å². The Morgan fingerprint density at radius 2 is 2.15 bits per heavy atom. The third-order valence-electron chi connectivity index (χ3n) is 4.41. The molecule has 0 saturated carbocycles. The number of carbonyl (C=O) groups excluding carboxylic acids is 1. The first-order chi connectivity index (χ1) is 9.76. The summed E-state index contributed by atoms with van der Waals surface area (Å²) in [6.45, 7) is 5.52. The van der Waals surface area contributed by atoms with Crippen molar-refractivity contribution < 1.29 is 4.79 Å². The minimum atomic E-state index is 0.0942. The fourth-order valence-electron chi connectivity index (χ4n) is 3.07. The van der Waals surface area contributed by atoms with Crippen LogP contribution in [0.1, 0.15) is 24.5 Å². The van der Waals surface area contributed by atoms with Gasteiger partial charge in [-0.05, 0) is 49.1 Å². The Hall–Kier alpha value is -1.39. The molecule has 0 atom stereocenters. The van der Waals surface area contributed by atoms with Crippen molar-refractivity contribution >= 4 is 11.6 Å². The SMILES string of the molecule is CCN(CC(=O)Nc1ccc2c(c1)CCC2)C1CNC1. The van der Waals surface area contributed by atoms with Gasteiger partial charge in [-0.1, -0.05) is 13.0 Å². The molecule has 1 aliphatic carbocycles. The van der Waals surface area contributed by atoms with Crippen LogP contribution in [0.3, 0.4) is 0 Å². The smallest absolute Gasteiger partial charge is 0.238 e. The van der Waals surface area contributed by atoms with Crippen LogP contribution in [0.15, 0.2) is 18.2 Å². The maximum Gasteiger partial charge on any atom is 0.238 e. The Morgan fingerprint density at radius 3 is 2.85 bits per heavy atom. The number of hydrogen-bond donors (Lipinski definition) is 2. The Kier molecular flexibility index (Phi) is 4.03. The van der Waals surface area contributed by atoms with Crippen LogP contribution in [-0.4, -0.2) is 43.0 Å². The first kappa shape index (κ1) is 13.6. The lowest BCUT2D eigenvalue weighted by Crippen LogP contribution is -2.58. The van der Waals surface area contributed by atoms with Crippen molar-refractivity contribution in [3.8, 4) is 0 Å². The van der Waals surface area contributed by atoms with E-state index < -0.39 is 0 Å². The molecule has 0 unspecified atom stereocenters. The van der Waals surface area contributed by atoms with Crippen molar-refractivity contribution in [2.24, 2.45) is 0 Å². The summed E-state index contributed by atoms with van der Waals surface area (Å²) in [5.41, 5.74) is 3.79. The molecule has 0 spiro atoms. The van der Waals surface area contributed by atoms with E-state index in [0.717, 1.165) is 31.7 Å². The van der Waals surface area contributed by atoms with Crippen LogP contribution in [0.25, 0.3) is 0 Å². The van der Waals surface area contributed by atoms with Gasteiger partial charge in [0.15, 0.2) is 0 Å². The molecular formula is C16H23N3O. The van der Waals surface area contributed by atoms with Gasteiger partial charge in [0.25, 0.3) is 0 Å². The third-order valence-corrected chi connectivity index (χ3v) is 4.41. The van der Waals surface area contributed by atoms with Gasteiger partial charge in [-0.2, -0.15) is 0 Å². The van der Waals surface area contributed by atoms with Crippen LogP contribution >= 0.6 is 0 Å². The molecule has 2 aliphatic rings. The van der Waals surface area contributed by atoms with Gasteiger partial charge in [0.2, 0.25) is 5.91 Å². The average molecular weight is 273 g/mol. The highest BCUT2D eigenvalue weighted by Crippen LogP contribution is 2.24. The molecule has 20 heavy (non-hydrogen) atoms. The number of aryl methyl sites for hydroxylation is 2. The largest absolute Gasteiger partial charge is 0.325 e. The number of carbonyl (C=O) groups is 1. The number of benzene rings is 1. The van der Waals surface area contributed by atoms with E-state index in [2.05, 4.69) is 34.6 Å². The molecule has 4 nitrogen and oxygen atoms in total. The van der Waals surface area contributed by atoms with Gasteiger partial charge in [0, 0.05) is 24.8 Å². The standard InChI is InChI=1S/C16H23N3O/c1-2-19(15-9-17-10-15)11-16(20)18-14-7-6-12-4-3-5-13(12)8-14/h6-8,15,17H,2-5,9-11H2,1H3,(H,18,20). The maximum atomic E-state index is 12.2. The van der Waals surface area contributed by atoms with E-state index in [9.17, 15) is 4.79 Å². The number of hydrogen-bond acceptors (Lipinski definition) is 3. The van der Waals surface area contributed by atoms with Gasteiger partial charge in [-0.25, -0.2) is 0 Å². The second-order valence-corrected chi connectivity index (χ2v) is 5.76. The monoisotopic (exact) mass is 273 g/mol. The molecule has 1 aromatic rings. The van der Waals surface area contributed by atoms with Crippen molar-refractivity contribution in [3.63, 3.8) is 0 Å². The number of fused-ring (bicyclic) bond motifs is 1. The van der Waals surface area contributed by atoms with Gasteiger partial charge in [-0.3, -0.25) is 9.69 Å². The van der Waals surface area contributed by atoms with Crippen LogP contribution in [0.2, 0.25) is 0 Å². The summed E-state index contributed by atoms with van der Waals surface area (Å²) < 4.78 is 0. The minimum absolute atomic E-state index is 0.0942. The number of nitrogens with one attached hydrogen (secondary N) is 2. The lowest BCUT2D eigenvalue weighted by atomic mass is 10.1. The molecular weight excluding hydrogens is 250 g/mol. The van der Waals surface area contributed by atoms with Crippen LogP contribution in [0.5, 0.6) is 0 Å². The van der Waals surface area contributed by atoms with E-state index in [-0.39, 0.29) is 5.91 Å². The first-order valence-electron chi connectivity index (χ1n) is 7.62. The highest BCUT2D eigenvalue weighted by atomic mass is 16.2. The van der Waals surface area contributed by atoms with E-state index >= 15 is 0 Å². The van der Waals surface area contributed by atoms with Crippen molar-refractivity contribution in [1.29, 1.82) is 0 Å². The number of amides is 1. The summed E-state index contributed by atoms with van der Waals surface area (Å²) in [7, 11) is 0. The Labute approximate surface area is 120 Å². The molecule has 1 fully saturated rings. The lowest BCUT2D eigenvalue weighted by Gasteiger charge is -2.37. The molecule has 108 valence electrons. The van der Waals surface area contributed by atoms with Gasteiger partial charge >= 0.3 is 0 Å². The van der Waals surface area contributed by atoms with Crippen LogP contribution in [-0.2, 0) is 17.6 Å². The molecule has 2 N–H and O–H groups in total. The zero-order valence-corrected chi connectivity index (χ0v) is 12.1. The van der Waals surface area contributed by atoms with E-state index in [1.807, 2.05) is 6.07 Å². The third kappa shape index (κ3) is 2.86. The highest BCUT2D eigenvalue weighted by Gasteiger charge is 2.24. The molecule has 3 rings (SSSR count). The molecule has 1 aromatic carbocycles. The van der Waals surface area contributed by atoms with Crippen molar-refractivity contribution in [2.75, 3.05) is 31.5 Å². The second-order valence-electron chi connectivity index (χ2n) is 5.76. The lowest BCUT2D eigenvalue weighted by molar-refractivity contribution is -0.118. The fraction of sp³-hybridized carbons (Fsp3) is 0.562. The summed E-state index contributed by atoms with van der Waals surface area (Å²) in [6.07, 6.45) is 3.57. The summed E-state index contributed by atoms with van der Waals surface area (Å²) >= 11 is 0. The van der Waals surface area contributed by atoms with Gasteiger partial charge in [-0.15, -0.1) is 0 Å². The molecule has 0 bridgehead atoms. The summed E-state index contributed by atoms with van der Waals surface area (Å²) in [5.74, 6) is 0.0942. The Morgan fingerprint density at radius 1 is 1.35 bits per heavy atom. The predicted octanol–water partition coefficient (Wildman–Crippen LogP) is 1.41. The molecule has 1 amide bonds. The molecule has 1 saturated heterocycles. The quantitative estimate of drug-likeness (QED) is 0.852. The van der Waals surface area contributed by atoms with E-state index in [1.54, 1.807) is 0 Å². The Balaban J connectivity index is 1.58. The zero-order chi connectivity index (χ0) is 13.9. The second kappa shape index (κ2) is 5.94. The number of nitrogens with zero attached hydrogens (tertiary/aromatic N) is 1. The molecule has 0 radical (unpaired) electrons. The topological polar surface area (TPSA) is 44.4 Å². The fourth-order valence-corrected chi connectivity index (χ4v) is 3.07. The molecule has 4 heteroatoms. The normalized spacial score (nSPS) is 17.9. The van der Waals surface area contributed by atoms with Crippen molar-refractivity contribution in [3.05, 3.63) is 29.3 Å². The van der Waals surface area contributed by atoms with Crippen molar-refractivity contribution in [2.45, 2.75) is 32.2 Å². The van der Waals surface area contributed by atoms with Gasteiger partial charge in [0.05, 0.1) is 6.54 Å². The maximum absolute atomic E-state index is 12.2. The van der Waals surface area contributed by atoms with Crippen LogP contribution in [0, 0.1) is 0 Å². The number of anilines is 1. The highest BCUT2D eigenvalue weighted by molar-refractivity contribution is 5.92. The average Bonchev–Trinajstić information content (AvgIpc) is 2.83. The molecule has 1 heterocycles. The minimum Gasteiger partial charge on any atom is -0.325 e. The molecule has 0 aromatic heterocycles. The van der Waals surface area contributed by atoms with Gasteiger partial charge < -0.3 is 10.6 Å². The van der Waals surface area contributed by atoms with Crippen molar-refractivity contribution in [1.82, 2.24) is 10.2 Å². The van der Waals surface area contributed by atoms with Crippen LogP contribution < -0.4 is 10.6 Å². The summed E-state index contributed by atoms with van der Waals surface area (Å²) in [5, 5.41) is 6.29. The number of likely N-dealkylation sites (N-methyl/N-ethyl adjacent to an activating group) is 1.